The third-order valence-corrected chi connectivity index (χ3v) is 3.10. The molecule has 0 radical (unpaired) electrons. The van der Waals surface area contributed by atoms with E-state index in [1.54, 1.807) is 4.68 Å². The van der Waals surface area contributed by atoms with Crippen LogP contribution in [0.3, 0.4) is 0 Å². The molecule has 0 spiro atoms. The van der Waals surface area contributed by atoms with Crippen LogP contribution >= 0.6 is 0 Å². The van der Waals surface area contributed by atoms with Gasteiger partial charge in [-0.2, -0.15) is 0 Å². The van der Waals surface area contributed by atoms with Crippen LogP contribution in [-0.4, -0.2) is 33.3 Å². The van der Waals surface area contributed by atoms with Gasteiger partial charge in [0.1, 0.15) is 11.4 Å². The van der Waals surface area contributed by atoms with Crippen molar-refractivity contribution in [2.24, 2.45) is 0 Å². The summed E-state index contributed by atoms with van der Waals surface area (Å²) in [5.74, 6) is 0.885. The number of hydrogen-bond donors (Lipinski definition) is 2. The minimum absolute atomic E-state index is 0.165. The second-order valence-corrected chi connectivity index (χ2v) is 4.81. The monoisotopic (exact) mass is 290 g/mol. The Morgan fingerprint density at radius 2 is 2.24 bits per heavy atom. The van der Waals surface area contributed by atoms with Gasteiger partial charge < -0.3 is 15.2 Å². The molecule has 0 amide bonds. The van der Waals surface area contributed by atoms with E-state index in [1.807, 2.05) is 38.2 Å². The predicted molar refractivity (Wildman–Crippen MR) is 81.4 cm³/mol. The number of aliphatic hydroxyl groups is 1. The van der Waals surface area contributed by atoms with E-state index < -0.39 is 0 Å². The lowest BCUT2D eigenvalue weighted by molar-refractivity contribution is 0.276. The molecule has 0 aliphatic carbocycles. The van der Waals surface area contributed by atoms with Gasteiger partial charge in [0.15, 0.2) is 0 Å². The predicted octanol–water partition coefficient (Wildman–Crippen LogP) is 1.98. The molecule has 21 heavy (non-hydrogen) atoms. The van der Waals surface area contributed by atoms with Gasteiger partial charge in [-0.3, -0.25) is 4.68 Å². The maximum Gasteiger partial charge on any atom is 0.119 e. The van der Waals surface area contributed by atoms with E-state index in [1.165, 1.54) is 0 Å². The molecule has 0 saturated carbocycles. The third kappa shape index (κ3) is 4.46. The van der Waals surface area contributed by atoms with E-state index in [0.717, 1.165) is 22.7 Å². The van der Waals surface area contributed by atoms with Crippen LogP contribution in [0.15, 0.2) is 24.4 Å². The first kappa shape index (κ1) is 15.3. The number of aromatic nitrogens is 3. The van der Waals surface area contributed by atoms with Gasteiger partial charge in [0.2, 0.25) is 0 Å². The normalized spacial score (nSPS) is 10.6. The summed E-state index contributed by atoms with van der Waals surface area (Å²) in [4.78, 5) is 0. The first-order chi connectivity index (χ1) is 10.2. The van der Waals surface area contributed by atoms with Crippen molar-refractivity contribution < 1.29 is 9.84 Å². The lowest BCUT2D eigenvalue weighted by Crippen LogP contribution is -2.02. The molecule has 2 N–H and O–H groups in total. The van der Waals surface area contributed by atoms with E-state index in [2.05, 4.69) is 15.6 Å². The molecule has 0 atom stereocenters. The smallest absolute Gasteiger partial charge is 0.119 e. The van der Waals surface area contributed by atoms with Crippen LogP contribution in [0.2, 0.25) is 0 Å². The highest BCUT2D eigenvalue weighted by Crippen LogP contribution is 2.21. The van der Waals surface area contributed by atoms with Gasteiger partial charge in [0.05, 0.1) is 19.3 Å². The van der Waals surface area contributed by atoms with Crippen molar-refractivity contribution in [3.63, 3.8) is 0 Å². The van der Waals surface area contributed by atoms with Crippen LogP contribution in [0, 0.1) is 6.92 Å². The van der Waals surface area contributed by atoms with Crippen molar-refractivity contribution in [3.05, 3.63) is 35.7 Å². The molecule has 1 aromatic heterocycles. The number of benzene rings is 1. The van der Waals surface area contributed by atoms with E-state index in [4.69, 9.17) is 9.84 Å². The summed E-state index contributed by atoms with van der Waals surface area (Å²) in [7, 11) is 0. The third-order valence-electron chi connectivity index (χ3n) is 3.10. The van der Waals surface area contributed by atoms with Crippen LogP contribution < -0.4 is 10.1 Å². The minimum Gasteiger partial charge on any atom is -0.494 e. The quantitative estimate of drug-likeness (QED) is 0.778. The molecule has 0 bridgehead atoms. The summed E-state index contributed by atoms with van der Waals surface area (Å²) in [6, 6.07) is 5.98. The van der Waals surface area contributed by atoms with Gasteiger partial charge in [-0.05, 0) is 44.0 Å². The number of aliphatic hydroxyl groups excluding tert-OH is 1. The molecule has 0 aliphatic rings. The molecule has 1 aromatic carbocycles. The lowest BCUT2D eigenvalue weighted by Gasteiger charge is -2.10. The van der Waals surface area contributed by atoms with Crippen LogP contribution in [0.1, 0.15) is 24.6 Å². The number of rotatable bonds is 8. The number of nitrogens with zero attached hydrogens (tertiary/aromatic N) is 3. The first-order valence-electron chi connectivity index (χ1n) is 7.20. The molecule has 1 heterocycles. The van der Waals surface area contributed by atoms with Gasteiger partial charge >= 0.3 is 0 Å². The summed E-state index contributed by atoms with van der Waals surface area (Å²) >= 11 is 0. The highest BCUT2D eigenvalue weighted by molar-refractivity contribution is 5.53. The van der Waals surface area contributed by atoms with Gasteiger partial charge in [0, 0.05) is 18.8 Å². The zero-order valence-electron chi connectivity index (χ0n) is 12.5. The minimum atomic E-state index is 0.165. The summed E-state index contributed by atoms with van der Waals surface area (Å²) < 4.78 is 7.22. The molecular formula is C15H22N4O2. The fourth-order valence-electron chi connectivity index (χ4n) is 2.04. The second kappa shape index (κ2) is 7.64. The van der Waals surface area contributed by atoms with Crippen molar-refractivity contribution in [2.45, 2.75) is 33.4 Å². The average Bonchev–Trinajstić information content (AvgIpc) is 2.92. The van der Waals surface area contributed by atoms with Crippen molar-refractivity contribution in [3.8, 4) is 5.75 Å². The van der Waals surface area contributed by atoms with Crippen LogP contribution in [0.5, 0.6) is 5.75 Å². The Hall–Kier alpha value is -2.08. The maximum atomic E-state index is 8.79. The highest BCUT2D eigenvalue weighted by atomic mass is 16.5. The molecule has 6 heteroatoms. The number of aryl methyl sites for hydroxylation is 2. The number of hydrogen-bond acceptors (Lipinski definition) is 5. The molecular weight excluding hydrogens is 268 g/mol. The topological polar surface area (TPSA) is 72.2 Å². The standard InChI is InChI=1S/C15H22N4O2/c1-3-21-14-5-6-15(12(2)9-14)16-10-13-11-19(18-17-13)7-4-8-20/h5-6,9,11,16,20H,3-4,7-8,10H2,1-2H3. The summed E-state index contributed by atoms with van der Waals surface area (Å²) in [5, 5.41) is 20.3. The molecule has 6 nitrogen and oxygen atoms in total. The Morgan fingerprint density at radius 3 is 2.95 bits per heavy atom. The van der Waals surface area contributed by atoms with E-state index in [-0.39, 0.29) is 6.61 Å². The Labute approximate surface area is 124 Å². The first-order valence-corrected chi connectivity index (χ1v) is 7.20. The number of anilines is 1. The second-order valence-electron chi connectivity index (χ2n) is 4.81. The van der Waals surface area contributed by atoms with Crippen molar-refractivity contribution in [1.29, 1.82) is 0 Å². The van der Waals surface area contributed by atoms with Crippen LogP contribution in [0.4, 0.5) is 5.69 Å². The van der Waals surface area contributed by atoms with Crippen molar-refractivity contribution in [2.75, 3.05) is 18.5 Å². The molecule has 0 unspecified atom stereocenters. The molecule has 0 saturated heterocycles. The molecule has 0 aliphatic heterocycles. The average molecular weight is 290 g/mol. The number of nitrogens with one attached hydrogen (secondary N) is 1. The fraction of sp³-hybridized carbons (Fsp3) is 0.467. The van der Waals surface area contributed by atoms with Crippen LogP contribution in [-0.2, 0) is 13.1 Å². The van der Waals surface area contributed by atoms with E-state index in [9.17, 15) is 0 Å². The zero-order chi connectivity index (χ0) is 15.1. The van der Waals surface area contributed by atoms with Gasteiger partial charge in [-0.15, -0.1) is 5.10 Å². The Morgan fingerprint density at radius 1 is 1.38 bits per heavy atom. The van der Waals surface area contributed by atoms with E-state index >= 15 is 0 Å². The molecule has 2 rings (SSSR count). The molecule has 0 fully saturated rings. The maximum absolute atomic E-state index is 8.79. The molecule has 114 valence electrons. The van der Waals surface area contributed by atoms with Crippen molar-refractivity contribution in [1.82, 2.24) is 15.0 Å². The summed E-state index contributed by atoms with van der Waals surface area (Å²) in [5.41, 5.74) is 3.07. The van der Waals surface area contributed by atoms with E-state index in [0.29, 0.717) is 26.1 Å². The Balaban J connectivity index is 1.91. The SMILES string of the molecule is CCOc1ccc(NCc2cn(CCCO)nn2)c(C)c1. The van der Waals surface area contributed by atoms with Gasteiger partial charge in [0.25, 0.3) is 0 Å². The van der Waals surface area contributed by atoms with Gasteiger partial charge in [-0.25, -0.2) is 0 Å². The van der Waals surface area contributed by atoms with Gasteiger partial charge in [-0.1, -0.05) is 5.21 Å². The van der Waals surface area contributed by atoms with Crippen molar-refractivity contribution >= 4 is 5.69 Å². The summed E-state index contributed by atoms with van der Waals surface area (Å²) in [6.07, 6.45) is 2.58. The number of ether oxygens (including phenoxy) is 1. The summed E-state index contributed by atoms with van der Waals surface area (Å²) in [6.45, 7) is 6.16. The Kier molecular flexibility index (Phi) is 5.57. The zero-order valence-corrected chi connectivity index (χ0v) is 12.5. The highest BCUT2D eigenvalue weighted by Gasteiger charge is 2.03. The largest absolute Gasteiger partial charge is 0.494 e. The molecule has 2 aromatic rings. The fourth-order valence-corrected chi connectivity index (χ4v) is 2.04. The lowest BCUT2D eigenvalue weighted by atomic mass is 10.2. The van der Waals surface area contributed by atoms with Crippen LogP contribution in [0.25, 0.3) is 0 Å². The Bertz CT molecular complexity index is 569.